The number of aromatic nitrogens is 1. The van der Waals surface area contributed by atoms with Crippen molar-refractivity contribution in [3.63, 3.8) is 0 Å². The second kappa shape index (κ2) is 6.67. The SMILES string of the molecule is COc1ccc(NC(=O)c2[nH]c3cc(C)sc3c2CN(C)C)cc1. The van der Waals surface area contributed by atoms with Crippen molar-refractivity contribution in [3.8, 4) is 5.75 Å². The zero-order valence-corrected chi connectivity index (χ0v) is 15.1. The number of hydrogen-bond acceptors (Lipinski definition) is 4. The molecule has 2 aromatic heterocycles. The summed E-state index contributed by atoms with van der Waals surface area (Å²) in [7, 11) is 5.63. The van der Waals surface area contributed by atoms with E-state index in [-0.39, 0.29) is 5.91 Å². The molecule has 0 aliphatic carbocycles. The number of thiophene rings is 1. The molecule has 126 valence electrons. The normalized spacial score (nSPS) is 11.2. The minimum Gasteiger partial charge on any atom is -0.497 e. The van der Waals surface area contributed by atoms with Crippen molar-refractivity contribution in [3.05, 3.63) is 46.5 Å². The van der Waals surface area contributed by atoms with Crippen molar-refractivity contribution in [2.45, 2.75) is 13.5 Å². The Morgan fingerprint density at radius 1 is 1.29 bits per heavy atom. The number of amides is 1. The van der Waals surface area contributed by atoms with Gasteiger partial charge in [-0.15, -0.1) is 11.3 Å². The molecule has 0 atom stereocenters. The van der Waals surface area contributed by atoms with Gasteiger partial charge in [0.25, 0.3) is 5.91 Å². The van der Waals surface area contributed by atoms with Gasteiger partial charge in [0.05, 0.1) is 17.3 Å². The fraction of sp³-hybridized carbons (Fsp3) is 0.278. The number of carbonyl (C=O) groups excluding carboxylic acids is 1. The average molecular weight is 343 g/mol. The van der Waals surface area contributed by atoms with Crippen LogP contribution in [-0.2, 0) is 6.54 Å². The lowest BCUT2D eigenvalue weighted by Crippen LogP contribution is -2.18. The molecule has 6 heteroatoms. The Morgan fingerprint density at radius 2 is 2.00 bits per heavy atom. The molecule has 3 rings (SSSR count). The number of aryl methyl sites for hydroxylation is 1. The molecule has 0 unspecified atom stereocenters. The van der Waals surface area contributed by atoms with Gasteiger partial charge in [-0.2, -0.15) is 0 Å². The number of hydrogen-bond donors (Lipinski definition) is 2. The van der Waals surface area contributed by atoms with Gasteiger partial charge in [0, 0.05) is 22.7 Å². The molecule has 0 bridgehead atoms. The Kier molecular flexibility index (Phi) is 4.59. The van der Waals surface area contributed by atoms with Gasteiger partial charge in [-0.05, 0) is 51.4 Å². The number of fused-ring (bicyclic) bond motifs is 1. The first kappa shape index (κ1) is 16.5. The second-order valence-corrected chi connectivity index (χ2v) is 7.26. The van der Waals surface area contributed by atoms with Crippen molar-refractivity contribution in [2.75, 3.05) is 26.5 Å². The van der Waals surface area contributed by atoms with E-state index in [0.29, 0.717) is 12.2 Å². The van der Waals surface area contributed by atoms with Crippen LogP contribution in [0.15, 0.2) is 30.3 Å². The van der Waals surface area contributed by atoms with Crippen LogP contribution in [0.25, 0.3) is 10.2 Å². The molecule has 0 radical (unpaired) electrons. The molecule has 0 saturated carbocycles. The number of H-pyrrole nitrogens is 1. The maximum Gasteiger partial charge on any atom is 0.272 e. The first-order valence-electron chi connectivity index (χ1n) is 7.69. The lowest BCUT2D eigenvalue weighted by atomic mass is 10.2. The Labute approximate surface area is 145 Å². The molecule has 3 aromatic rings. The highest BCUT2D eigenvalue weighted by molar-refractivity contribution is 7.19. The van der Waals surface area contributed by atoms with Crippen molar-refractivity contribution in [1.29, 1.82) is 0 Å². The highest BCUT2D eigenvalue weighted by Crippen LogP contribution is 2.31. The lowest BCUT2D eigenvalue weighted by Gasteiger charge is -2.11. The van der Waals surface area contributed by atoms with E-state index in [1.54, 1.807) is 18.4 Å². The van der Waals surface area contributed by atoms with E-state index in [0.717, 1.165) is 27.2 Å². The summed E-state index contributed by atoms with van der Waals surface area (Å²) in [5, 5.41) is 2.95. The summed E-state index contributed by atoms with van der Waals surface area (Å²) in [6.45, 7) is 2.79. The molecule has 0 saturated heterocycles. The maximum atomic E-state index is 12.7. The predicted octanol–water partition coefficient (Wildman–Crippen LogP) is 3.86. The standard InChI is InChI=1S/C18H21N3O2S/c1-11-9-15-17(24-11)14(10-21(2)3)16(20-15)18(22)19-12-5-7-13(23-4)8-6-12/h5-9,20H,10H2,1-4H3,(H,19,22). The minimum absolute atomic E-state index is 0.127. The largest absolute Gasteiger partial charge is 0.497 e. The van der Waals surface area contributed by atoms with Gasteiger partial charge < -0.3 is 19.9 Å². The van der Waals surface area contributed by atoms with Crippen LogP contribution in [0.2, 0.25) is 0 Å². The first-order chi connectivity index (χ1) is 11.5. The molecule has 0 spiro atoms. The second-order valence-electron chi connectivity index (χ2n) is 6.00. The monoisotopic (exact) mass is 343 g/mol. The smallest absolute Gasteiger partial charge is 0.272 e. The lowest BCUT2D eigenvalue weighted by molar-refractivity contribution is 0.102. The van der Waals surface area contributed by atoms with Gasteiger partial charge in [-0.3, -0.25) is 4.79 Å². The molecule has 0 aliphatic heterocycles. The fourth-order valence-electron chi connectivity index (χ4n) is 2.68. The third-order valence-electron chi connectivity index (χ3n) is 3.74. The predicted molar refractivity (Wildman–Crippen MR) is 99.3 cm³/mol. The zero-order chi connectivity index (χ0) is 17.3. The summed E-state index contributed by atoms with van der Waals surface area (Å²) >= 11 is 1.72. The third-order valence-corrected chi connectivity index (χ3v) is 4.85. The molecule has 2 heterocycles. The third kappa shape index (κ3) is 3.29. The van der Waals surface area contributed by atoms with Gasteiger partial charge in [0.2, 0.25) is 0 Å². The highest BCUT2D eigenvalue weighted by Gasteiger charge is 2.20. The van der Waals surface area contributed by atoms with E-state index < -0.39 is 0 Å². The van der Waals surface area contributed by atoms with E-state index in [9.17, 15) is 4.79 Å². The molecule has 1 aromatic carbocycles. The molecule has 24 heavy (non-hydrogen) atoms. The van der Waals surface area contributed by atoms with Crippen molar-refractivity contribution >= 4 is 33.1 Å². The molecule has 0 fully saturated rings. The van der Waals surface area contributed by atoms with Crippen molar-refractivity contribution in [2.24, 2.45) is 0 Å². The summed E-state index contributed by atoms with van der Waals surface area (Å²) in [5.41, 5.74) is 3.43. The quantitative estimate of drug-likeness (QED) is 0.739. The van der Waals surface area contributed by atoms with Gasteiger partial charge in [0.15, 0.2) is 0 Å². The first-order valence-corrected chi connectivity index (χ1v) is 8.50. The van der Waals surface area contributed by atoms with E-state index >= 15 is 0 Å². The van der Waals surface area contributed by atoms with E-state index in [1.807, 2.05) is 38.4 Å². The Balaban J connectivity index is 1.91. The number of nitrogens with zero attached hydrogens (tertiary/aromatic N) is 1. The maximum absolute atomic E-state index is 12.7. The average Bonchev–Trinajstić information content (AvgIpc) is 3.05. The van der Waals surface area contributed by atoms with Crippen LogP contribution in [0.1, 0.15) is 20.9 Å². The van der Waals surface area contributed by atoms with Gasteiger partial charge in [-0.1, -0.05) is 0 Å². The number of rotatable bonds is 5. The number of nitrogens with one attached hydrogen (secondary N) is 2. The Hall–Kier alpha value is -2.31. The van der Waals surface area contributed by atoms with Gasteiger partial charge in [0.1, 0.15) is 11.4 Å². The Bertz CT molecular complexity index is 862. The number of ether oxygens (including phenoxy) is 1. The highest BCUT2D eigenvalue weighted by atomic mass is 32.1. The van der Waals surface area contributed by atoms with Crippen LogP contribution < -0.4 is 10.1 Å². The van der Waals surface area contributed by atoms with E-state index in [2.05, 4.69) is 28.2 Å². The summed E-state index contributed by atoms with van der Waals surface area (Å²) in [5.74, 6) is 0.634. The summed E-state index contributed by atoms with van der Waals surface area (Å²) < 4.78 is 6.29. The molecule has 2 N–H and O–H groups in total. The van der Waals surface area contributed by atoms with Crippen molar-refractivity contribution in [1.82, 2.24) is 9.88 Å². The Morgan fingerprint density at radius 3 is 2.62 bits per heavy atom. The summed E-state index contributed by atoms with van der Waals surface area (Å²) in [4.78, 5) is 19.3. The van der Waals surface area contributed by atoms with Gasteiger partial charge >= 0.3 is 0 Å². The van der Waals surface area contributed by atoms with Gasteiger partial charge in [-0.25, -0.2) is 0 Å². The molecule has 5 nitrogen and oxygen atoms in total. The number of aromatic amines is 1. The molecule has 1 amide bonds. The van der Waals surface area contributed by atoms with E-state index in [1.165, 1.54) is 4.88 Å². The van der Waals surface area contributed by atoms with Crippen LogP contribution in [0.3, 0.4) is 0 Å². The molecular formula is C18H21N3O2S. The molecule has 0 aliphatic rings. The molecular weight excluding hydrogens is 322 g/mol. The number of anilines is 1. The number of carbonyl (C=O) groups is 1. The van der Waals surface area contributed by atoms with Crippen LogP contribution in [0, 0.1) is 6.92 Å². The summed E-state index contributed by atoms with van der Waals surface area (Å²) in [6, 6.07) is 9.40. The van der Waals surface area contributed by atoms with Crippen LogP contribution >= 0.6 is 11.3 Å². The topological polar surface area (TPSA) is 57.4 Å². The van der Waals surface area contributed by atoms with Crippen LogP contribution in [-0.4, -0.2) is 37.0 Å². The summed E-state index contributed by atoms with van der Waals surface area (Å²) in [6.07, 6.45) is 0. The number of benzene rings is 1. The fourth-order valence-corrected chi connectivity index (χ4v) is 3.69. The number of methoxy groups -OCH3 is 1. The van der Waals surface area contributed by atoms with Crippen LogP contribution in [0.4, 0.5) is 5.69 Å². The van der Waals surface area contributed by atoms with Crippen LogP contribution in [0.5, 0.6) is 5.75 Å². The zero-order valence-electron chi connectivity index (χ0n) is 14.3. The van der Waals surface area contributed by atoms with E-state index in [4.69, 9.17) is 4.74 Å². The van der Waals surface area contributed by atoms with Crippen molar-refractivity contribution < 1.29 is 9.53 Å². The minimum atomic E-state index is -0.127.